The summed E-state index contributed by atoms with van der Waals surface area (Å²) < 4.78 is 47.4. The number of alkyl halides is 3. The third-order valence-corrected chi connectivity index (χ3v) is 4.67. The molecule has 2 N–H and O–H groups in total. The van der Waals surface area contributed by atoms with Crippen LogP contribution in [0.1, 0.15) is 11.3 Å². The maximum absolute atomic E-state index is 14.0. The van der Waals surface area contributed by atoms with Gasteiger partial charge in [-0.25, -0.2) is 0 Å². The summed E-state index contributed by atoms with van der Waals surface area (Å²) in [6.07, 6.45) is -4.09. The van der Waals surface area contributed by atoms with Gasteiger partial charge in [-0.05, 0) is 24.3 Å². The first-order valence-corrected chi connectivity index (χ1v) is 8.19. The molecule has 0 radical (unpaired) electrons. The highest BCUT2D eigenvalue weighted by molar-refractivity contribution is 6.31. The van der Waals surface area contributed by atoms with Crippen LogP contribution in [-0.4, -0.2) is 16.3 Å². The zero-order valence-electron chi connectivity index (χ0n) is 13.5. The normalized spacial score (nSPS) is 14.6. The van der Waals surface area contributed by atoms with Gasteiger partial charge in [0.15, 0.2) is 11.2 Å². The summed E-state index contributed by atoms with van der Waals surface area (Å²) in [7, 11) is 0. The van der Waals surface area contributed by atoms with Gasteiger partial charge in [-0.1, -0.05) is 29.8 Å². The number of nitrogens with one attached hydrogen (secondary N) is 1. The first kappa shape index (κ1) is 17.6. The zero-order valence-corrected chi connectivity index (χ0v) is 14.2. The summed E-state index contributed by atoms with van der Waals surface area (Å²) in [5.74, 6) is -0.917. The van der Waals surface area contributed by atoms with Gasteiger partial charge in [0, 0.05) is 33.8 Å². The second-order valence-electron chi connectivity index (χ2n) is 6.07. The number of H-pyrrole nitrogens is 1. The molecular weight excluding hydrogens is 383 g/mol. The lowest BCUT2D eigenvalue weighted by atomic mass is 9.89. The topological polar surface area (TPSA) is 66.2 Å². The monoisotopic (exact) mass is 393 g/mol. The lowest BCUT2D eigenvalue weighted by Gasteiger charge is -2.29. The lowest BCUT2D eigenvalue weighted by Crippen LogP contribution is -2.43. The van der Waals surface area contributed by atoms with Crippen molar-refractivity contribution in [2.75, 3.05) is 0 Å². The number of aliphatic hydroxyl groups is 1. The average molecular weight is 394 g/mol. The third kappa shape index (κ3) is 2.62. The molecule has 0 fully saturated rings. The molecule has 8 heteroatoms. The molecule has 0 saturated carbocycles. The Kier molecular flexibility index (Phi) is 3.83. The molecule has 2 aromatic heterocycles. The van der Waals surface area contributed by atoms with E-state index in [0.29, 0.717) is 11.6 Å². The Morgan fingerprint density at radius 1 is 1.04 bits per heavy atom. The van der Waals surface area contributed by atoms with Gasteiger partial charge in [0.1, 0.15) is 5.58 Å². The van der Waals surface area contributed by atoms with Crippen LogP contribution in [0.25, 0.3) is 21.9 Å². The van der Waals surface area contributed by atoms with Crippen molar-refractivity contribution in [1.82, 2.24) is 4.98 Å². The van der Waals surface area contributed by atoms with Crippen molar-refractivity contribution >= 4 is 33.5 Å². The molecule has 4 aromatic rings. The molecule has 0 aliphatic carbocycles. The van der Waals surface area contributed by atoms with Gasteiger partial charge in [-0.2, -0.15) is 13.2 Å². The van der Waals surface area contributed by atoms with E-state index in [1.807, 2.05) is 0 Å². The number of rotatable bonds is 2. The second kappa shape index (κ2) is 5.87. The van der Waals surface area contributed by atoms with Crippen LogP contribution in [0.4, 0.5) is 13.2 Å². The Labute approximate surface area is 154 Å². The van der Waals surface area contributed by atoms with Crippen LogP contribution in [0.15, 0.2) is 63.9 Å². The Balaban J connectivity index is 2.06. The second-order valence-corrected chi connectivity index (χ2v) is 6.51. The molecule has 27 heavy (non-hydrogen) atoms. The van der Waals surface area contributed by atoms with E-state index in [1.165, 1.54) is 24.3 Å². The highest BCUT2D eigenvalue weighted by Crippen LogP contribution is 2.46. The van der Waals surface area contributed by atoms with Crippen LogP contribution in [0, 0.1) is 0 Å². The minimum atomic E-state index is -5.14. The number of halogens is 4. The quantitative estimate of drug-likeness (QED) is 0.517. The number of hydrogen-bond donors (Lipinski definition) is 2. The molecule has 1 atom stereocenters. The lowest BCUT2D eigenvalue weighted by molar-refractivity contribution is -0.253. The Hall–Kier alpha value is -2.77. The van der Waals surface area contributed by atoms with Crippen LogP contribution in [-0.2, 0) is 5.60 Å². The van der Waals surface area contributed by atoms with Crippen molar-refractivity contribution in [3.8, 4) is 0 Å². The summed E-state index contributed by atoms with van der Waals surface area (Å²) in [5.41, 5.74) is -4.41. The summed E-state index contributed by atoms with van der Waals surface area (Å²) in [5, 5.41) is 11.2. The molecule has 0 aliphatic heterocycles. The zero-order chi connectivity index (χ0) is 19.4. The molecule has 138 valence electrons. The fourth-order valence-electron chi connectivity index (χ4n) is 3.10. The number of para-hydroxylation sites is 1. The molecule has 2 heterocycles. The maximum Gasteiger partial charge on any atom is 0.428 e. The van der Waals surface area contributed by atoms with Crippen LogP contribution >= 0.6 is 11.6 Å². The highest BCUT2D eigenvalue weighted by atomic mass is 35.5. The minimum Gasteiger partial charge on any atom is -0.457 e. The first-order valence-electron chi connectivity index (χ1n) is 7.81. The van der Waals surface area contributed by atoms with Gasteiger partial charge in [-0.3, -0.25) is 4.79 Å². The summed E-state index contributed by atoms with van der Waals surface area (Å²) in [4.78, 5) is 15.1. The van der Waals surface area contributed by atoms with Crippen molar-refractivity contribution in [3.63, 3.8) is 0 Å². The van der Waals surface area contributed by atoms with Gasteiger partial charge in [0.05, 0.1) is 5.39 Å². The Morgan fingerprint density at radius 3 is 2.52 bits per heavy atom. The number of hydrogen-bond acceptors (Lipinski definition) is 3. The molecule has 1 unspecified atom stereocenters. The van der Waals surface area contributed by atoms with Gasteiger partial charge >= 0.3 is 6.18 Å². The number of aromatic amines is 1. The van der Waals surface area contributed by atoms with E-state index >= 15 is 0 Å². The van der Waals surface area contributed by atoms with E-state index in [2.05, 4.69) is 4.98 Å². The van der Waals surface area contributed by atoms with E-state index in [4.69, 9.17) is 16.0 Å². The number of benzene rings is 2. The van der Waals surface area contributed by atoms with E-state index in [1.54, 1.807) is 18.2 Å². The SMILES string of the molecule is O=c1cc(C(O)(c2c[nH]c3ccccc23)C(F)(F)F)oc2ccc(Cl)cc12. The van der Waals surface area contributed by atoms with E-state index in [-0.39, 0.29) is 21.4 Å². The molecule has 4 nitrogen and oxygen atoms in total. The van der Waals surface area contributed by atoms with E-state index in [9.17, 15) is 23.1 Å². The molecule has 0 bridgehead atoms. The van der Waals surface area contributed by atoms with Crippen molar-refractivity contribution < 1.29 is 22.7 Å². The molecule has 2 aromatic carbocycles. The molecule has 0 aliphatic rings. The maximum atomic E-state index is 14.0. The van der Waals surface area contributed by atoms with Gasteiger partial charge in [-0.15, -0.1) is 0 Å². The molecule has 0 amide bonds. The summed E-state index contributed by atoms with van der Waals surface area (Å²) >= 11 is 5.83. The smallest absolute Gasteiger partial charge is 0.428 e. The standard InChI is InChI=1S/C19H11ClF3NO3/c20-10-5-6-16-12(7-10)15(25)8-17(27-16)18(26,19(21,22)23)13-9-24-14-4-2-1-3-11(13)14/h1-9,24,26H. The van der Waals surface area contributed by atoms with Gasteiger partial charge in [0.2, 0.25) is 5.60 Å². The highest BCUT2D eigenvalue weighted by Gasteiger charge is 2.59. The number of fused-ring (bicyclic) bond motifs is 2. The van der Waals surface area contributed by atoms with Gasteiger partial charge in [0.25, 0.3) is 0 Å². The predicted molar refractivity (Wildman–Crippen MR) is 94.8 cm³/mol. The third-order valence-electron chi connectivity index (χ3n) is 4.44. The first-order chi connectivity index (χ1) is 12.7. The fourth-order valence-corrected chi connectivity index (χ4v) is 3.27. The molecular formula is C19H11ClF3NO3. The van der Waals surface area contributed by atoms with Crippen molar-refractivity contribution in [2.45, 2.75) is 11.8 Å². The van der Waals surface area contributed by atoms with Crippen molar-refractivity contribution in [3.05, 3.63) is 81.3 Å². The average Bonchev–Trinajstić information content (AvgIpc) is 3.05. The molecule has 0 saturated heterocycles. The van der Waals surface area contributed by atoms with Crippen LogP contribution < -0.4 is 5.43 Å². The van der Waals surface area contributed by atoms with Crippen LogP contribution in [0.5, 0.6) is 0 Å². The van der Waals surface area contributed by atoms with Crippen molar-refractivity contribution in [1.29, 1.82) is 0 Å². The predicted octanol–water partition coefficient (Wildman–Crippen LogP) is 4.73. The Morgan fingerprint density at radius 2 is 1.78 bits per heavy atom. The molecule has 4 rings (SSSR count). The Bertz CT molecular complexity index is 1230. The van der Waals surface area contributed by atoms with Crippen molar-refractivity contribution in [2.24, 2.45) is 0 Å². The van der Waals surface area contributed by atoms with Crippen LogP contribution in [0.2, 0.25) is 5.02 Å². The van der Waals surface area contributed by atoms with E-state index < -0.39 is 28.5 Å². The molecule has 0 spiro atoms. The number of aromatic nitrogens is 1. The summed E-state index contributed by atoms with van der Waals surface area (Å²) in [6.45, 7) is 0. The largest absolute Gasteiger partial charge is 0.457 e. The van der Waals surface area contributed by atoms with E-state index in [0.717, 1.165) is 6.20 Å². The fraction of sp³-hybridized carbons (Fsp3) is 0.105. The van der Waals surface area contributed by atoms with Crippen LogP contribution in [0.3, 0.4) is 0 Å². The van der Waals surface area contributed by atoms with Gasteiger partial charge < -0.3 is 14.5 Å². The summed E-state index contributed by atoms with van der Waals surface area (Å²) in [6, 6.07) is 10.8. The minimum absolute atomic E-state index is 0.0229.